The molecule has 4 unspecified atom stereocenters. The van der Waals surface area contributed by atoms with Gasteiger partial charge in [-0.15, -0.1) is 0 Å². The average Bonchev–Trinajstić information content (AvgIpc) is 2.66. The second-order valence-electron chi connectivity index (χ2n) is 5.63. The molecule has 4 aliphatic carbocycles. The van der Waals surface area contributed by atoms with Gasteiger partial charge in [-0.1, -0.05) is 13.5 Å². The van der Waals surface area contributed by atoms with Crippen molar-refractivity contribution in [1.82, 2.24) is 0 Å². The fraction of sp³-hybridized carbons (Fsp3) is 0.769. The molecule has 0 aromatic carbocycles. The van der Waals surface area contributed by atoms with Gasteiger partial charge in [-0.05, 0) is 38.5 Å². The van der Waals surface area contributed by atoms with Crippen LogP contribution in [0.2, 0.25) is 0 Å². The Hall–Kier alpha value is -0.790. The zero-order chi connectivity index (χ0) is 10.8. The Morgan fingerprint density at radius 3 is 2.73 bits per heavy atom. The molecule has 0 saturated heterocycles. The van der Waals surface area contributed by atoms with E-state index in [1.807, 2.05) is 0 Å². The highest BCUT2D eigenvalue weighted by atomic mass is 16.6. The summed E-state index contributed by atoms with van der Waals surface area (Å²) in [6.07, 6.45) is 4.86. The lowest BCUT2D eigenvalue weighted by molar-refractivity contribution is -0.148. The molecule has 4 rings (SSSR count). The molecule has 82 valence electrons. The van der Waals surface area contributed by atoms with Crippen LogP contribution in [0.4, 0.5) is 0 Å². The standard InChI is InChI=1S/C13H18O2/c1-4-12-6-9-5-10(12)13(12,7-9)15-11(14)8(2)3/h9-10H,2,4-7H2,1,3H3. The second-order valence-corrected chi connectivity index (χ2v) is 5.63. The van der Waals surface area contributed by atoms with Crippen molar-refractivity contribution in [3.05, 3.63) is 12.2 Å². The lowest BCUT2D eigenvalue weighted by Crippen LogP contribution is -2.23. The minimum Gasteiger partial charge on any atom is -0.455 e. The van der Waals surface area contributed by atoms with E-state index in [9.17, 15) is 4.79 Å². The Labute approximate surface area is 90.7 Å². The summed E-state index contributed by atoms with van der Waals surface area (Å²) in [5.41, 5.74) is 0.830. The van der Waals surface area contributed by atoms with Gasteiger partial charge in [-0.3, -0.25) is 0 Å². The molecule has 4 saturated carbocycles. The monoisotopic (exact) mass is 206 g/mol. The first kappa shape index (κ1) is 9.44. The fourth-order valence-electron chi connectivity index (χ4n) is 4.48. The summed E-state index contributed by atoms with van der Waals surface area (Å²) in [5, 5.41) is 0. The number of ether oxygens (including phenoxy) is 1. The number of rotatable bonds is 3. The maximum absolute atomic E-state index is 11.6. The molecule has 2 heteroatoms. The van der Waals surface area contributed by atoms with E-state index in [1.165, 1.54) is 12.8 Å². The first-order chi connectivity index (χ1) is 7.06. The Bertz CT molecular complexity index is 360. The molecule has 2 nitrogen and oxygen atoms in total. The van der Waals surface area contributed by atoms with Gasteiger partial charge >= 0.3 is 5.97 Å². The Morgan fingerprint density at radius 1 is 1.53 bits per heavy atom. The van der Waals surface area contributed by atoms with E-state index in [1.54, 1.807) is 6.92 Å². The summed E-state index contributed by atoms with van der Waals surface area (Å²) in [6, 6.07) is 0. The molecule has 0 spiro atoms. The molecule has 0 heterocycles. The number of hydrogen-bond donors (Lipinski definition) is 0. The number of carbonyl (C=O) groups is 1. The van der Waals surface area contributed by atoms with Crippen LogP contribution in [0.3, 0.4) is 0 Å². The Balaban J connectivity index is 1.84. The molecular weight excluding hydrogens is 188 g/mol. The highest BCUT2D eigenvalue weighted by Gasteiger charge is 2.86. The fourth-order valence-corrected chi connectivity index (χ4v) is 4.48. The highest BCUT2D eigenvalue weighted by molar-refractivity contribution is 5.87. The quantitative estimate of drug-likeness (QED) is 0.524. The van der Waals surface area contributed by atoms with E-state index in [4.69, 9.17) is 4.74 Å². The summed E-state index contributed by atoms with van der Waals surface area (Å²) in [5.74, 6) is 1.31. The summed E-state index contributed by atoms with van der Waals surface area (Å²) in [7, 11) is 0. The third-order valence-electron chi connectivity index (χ3n) is 5.06. The smallest absolute Gasteiger partial charge is 0.333 e. The minimum atomic E-state index is -0.183. The van der Waals surface area contributed by atoms with Gasteiger partial charge in [0.1, 0.15) is 5.60 Å². The predicted octanol–water partition coefficient (Wildman–Crippen LogP) is 2.68. The van der Waals surface area contributed by atoms with Crippen LogP contribution >= 0.6 is 0 Å². The normalized spacial score (nSPS) is 49.2. The van der Waals surface area contributed by atoms with Gasteiger partial charge in [0, 0.05) is 16.9 Å². The van der Waals surface area contributed by atoms with Gasteiger partial charge in [0.2, 0.25) is 0 Å². The van der Waals surface area contributed by atoms with Crippen molar-refractivity contribution in [1.29, 1.82) is 0 Å². The highest BCUT2D eigenvalue weighted by Crippen LogP contribution is 2.84. The minimum absolute atomic E-state index is 0.0670. The molecule has 0 aliphatic heterocycles. The number of hydrogen-bond acceptors (Lipinski definition) is 2. The van der Waals surface area contributed by atoms with Gasteiger partial charge in [-0.2, -0.15) is 0 Å². The molecule has 15 heavy (non-hydrogen) atoms. The van der Waals surface area contributed by atoms with Crippen molar-refractivity contribution in [3.63, 3.8) is 0 Å². The first-order valence-electron chi connectivity index (χ1n) is 5.94. The van der Waals surface area contributed by atoms with Crippen LogP contribution in [0.5, 0.6) is 0 Å². The second kappa shape index (κ2) is 2.47. The van der Waals surface area contributed by atoms with Crippen molar-refractivity contribution in [2.75, 3.05) is 0 Å². The largest absolute Gasteiger partial charge is 0.455 e. The van der Waals surface area contributed by atoms with Crippen LogP contribution in [0.15, 0.2) is 12.2 Å². The lowest BCUT2D eigenvalue weighted by Gasteiger charge is -2.17. The molecule has 0 aromatic heterocycles. The van der Waals surface area contributed by atoms with Gasteiger partial charge in [0.25, 0.3) is 0 Å². The summed E-state index contributed by atoms with van der Waals surface area (Å²) >= 11 is 0. The van der Waals surface area contributed by atoms with Crippen molar-refractivity contribution < 1.29 is 9.53 Å². The Morgan fingerprint density at radius 2 is 2.27 bits per heavy atom. The molecule has 0 N–H and O–H groups in total. The van der Waals surface area contributed by atoms with Crippen LogP contribution in [-0.4, -0.2) is 11.6 Å². The molecule has 4 atom stereocenters. The van der Waals surface area contributed by atoms with Crippen LogP contribution in [0.1, 0.15) is 39.5 Å². The molecule has 4 aliphatic rings. The van der Waals surface area contributed by atoms with Crippen molar-refractivity contribution >= 4 is 5.97 Å². The van der Waals surface area contributed by atoms with E-state index in [0.29, 0.717) is 16.9 Å². The van der Waals surface area contributed by atoms with Crippen molar-refractivity contribution in [3.8, 4) is 0 Å². The van der Waals surface area contributed by atoms with E-state index in [2.05, 4.69) is 13.5 Å². The lowest BCUT2D eigenvalue weighted by atomic mass is 10.00. The maximum atomic E-state index is 11.6. The van der Waals surface area contributed by atoms with Gasteiger partial charge in [0.15, 0.2) is 0 Å². The first-order valence-corrected chi connectivity index (χ1v) is 5.94. The summed E-state index contributed by atoms with van der Waals surface area (Å²) in [4.78, 5) is 11.6. The predicted molar refractivity (Wildman–Crippen MR) is 57.2 cm³/mol. The van der Waals surface area contributed by atoms with Crippen LogP contribution < -0.4 is 0 Å². The molecule has 0 aromatic rings. The van der Waals surface area contributed by atoms with Gasteiger partial charge in [-0.25, -0.2) is 4.79 Å². The Kier molecular flexibility index (Phi) is 1.56. The van der Waals surface area contributed by atoms with E-state index in [0.717, 1.165) is 18.8 Å². The maximum Gasteiger partial charge on any atom is 0.333 e. The molecule has 0 radical (unpaired) electrons. The van der Waals surface area contributed by atoms with Crippen molar-refractivity contribution in [2.24, 2.45) is 17.3 Å². The van der Waals surface area contributed by atoms with E-state index < -0.39 is 0 Å². The molecule has 4 fully saturated rings. The summed E-state index contributed by atoms with van der Waals surface area (Å²) in [6.45, 7) is 7.62. The molecule has 4 bridgehead atoms. The number of esters is 1. The third-order valence-corrected chi connectivity index (χ3v) is 5.06. The molecule has 0 amide bonds. The van der Waals surface area contributed by atoms with Gasteiger partial charge < -0.3 is 4.74 Å². The van der Waals surface area contributed by atoms with E-state index >= 15 is 0 Å². The van der Waals surface area contributed by atoms with E-state index in [-0.39, 0.29) is 11.6 Å². The zero-order valence-corrected chi connectivity index (χ0v) is 9.51. The SMILES string of the molecule is C=C(C)C(=O)OC12CC3CC1C2(CC)C3. The molecular formula is C13H18O2. The third kappa shape index (κ3) is 0.849. The van der Waals surface area contributed by atoms with Gasteiger partial charge in [0.05, 0.1) is 0 Å². The van der Waals surface area contributed by atoms with Crippen LogP contribution in [-0.2, 0) is 9.53 Å². The number of carbonyl (C=O) groups excluding carboxylic acids is 1. The summed E-state index contributed by atoms with van der Waals surface area (Å²) < 4.78 is 5.74. The topological polar surface area (TPSA) is 26.3 Å². The van der Waals surface area contributed by atoms with Crippen LogP contribution in [0, 0.1) is 17.3 Å². The van der Waals surface area contributed by atoms with Crippen LogP contribution in [0.25, 0.3) is 0 Å². The van der Waals surface area contributed by atoms with Crippen molar-refractivity contribution in [2.45, 2.75) is 45.1 Å². The zero-order valence-electron chi connectivity index (χ0n) is 9.51. The average molecular weight is 206 g/mol.